The lowest BCUT2D eigenvalue weighted by Crippen LogP contribution is -2.15. The van der Waals surface area contributed by atoms with E-state index in [1.54, 1.807) is 31.2 Å². The molecule has 2 aromatic carbocycles. The normalized spacial score (nSPS) is 11.0. The van der Waals surface area contributed by atoms with Gasteiger partial charge in [0, 0.05) is 18.3 Å². The maximum absolute atomic E-state index is 14.2. The van der Waals surface area contributed by atoms with Gasteiger partial charge in [0.2, 0.25) is 5.95 Å². The molecule has 0 fully saturated rings. The number of hydrogen-bond acceptors (Lipinski definition) is 4. The Hall–Kier alpha value is -3.55. The Morgan fingerprint density at radius 2 is 1.93 bits per heavy atom. The predicted octanol–water partition coefficient (Wildman–Crippen LogP) is 3.91. The first-order valence-corrected chi connectivity index (χ1v) is 8.37. The average molecular weight is 384 g/mol. The van der Waals surface area contributed by atoms with Gasteiger partial charge < -0.3 is 10.2 Å². The summed E-state index contributed by atoms with van der Waals surface area (Å²) in [7, 11) is 2.86. The Labute approximate surface area is 160 Å². The number of carbonyl (C=O) groups is 1. The van der Waals surface area contributed by atoms with Gasteiger partial charge in [-0.2, -0.15) is 9.49 Å². The zero-order valence-electron chi connectivity index (χ0n) is 15.5. The third-order valence-corrected chi connectivity index (χ3v) is 4.14. The second-order valence-corrected chi connectivity index (χ2v) is 6.06. The second kappa shape index (κ2) is 7.99. The minimum Gasteiger partial charge on any atom is -0.399 e. The predicted molar refractivity (Wildman–Crippen MR) is 102 cm³/mol. The molecular weight excluding hydrogens is 366 g/mol. The summed E-state index contributed by atoms with van der Waals surface area (Å²) in [6.07, 6.45) is 1.53. The molecule has 0 aliphatic heterocycles. The van der Waals surface area contributed by atoms with E-state index in [0.29, 0.717) is 16.8 Å². The van der Waals surface area contributed by atoms with Gasteiger partial charge in [0.1, 0.15) is 18.5 Å². The number of benzene rings is 2. The minimum absolute atomic E-state index is 0.149. The van der Waals surface area contributed by atoms with Gasteiger partial charge in [-0.05, 0) is 36.2 Å². The zero-order chi connectivity index (χ0) is 20.3. The molecule has 1 aromatic heterocycles. The summed E-state index contributed by atoms with van der Waals surface area (Å²) < 4.78 is 29.0. The first-order chi connectivity index (χ1) is 13.4. The van der Waals surface area contributed by atoms with Crippen molar-refractivity contribution in [1.82, 2.24) is 9.78 Å². The van der Waals surface area contributed by atoms with Crippen LogP contribution >= 0.6 is 0 Å². The number of carbonyl (C=O) groups excluding carboxylic acids is 1. The summed E-state index contributed by atoms with van der Waals surface area (Å²) in [5.74, 6) is -1.85. The van der Waals surface area contributed by atoms with Crippen molar-refractivity contribution < 1.29 is 18.4 Å². The van der Waals surface area contributed by atoms with Crippen molar-refractivity contribution in [2.45, 2.75) is 6.92 Å². The molecule has 0 saturated carbocycles. The molecule has 0 saturated heterocycles. The van der Waals surface area contributed by atoms with E-state index < -0.39 is 17.7 Å². The van der Waals surface area contributed by atoms with E-state index in [-0.39, 0.29) is 11.3 Å². The third-order valence-electron chi connectivity index (χ3n) is 4.14. The first-order valence-electron chi connectivity index (χ1n) is 8.37. The van der Waals surface area contributed by atoms with Crippen molar-refractivity contribution in [1.29, 1.82) is 0 Å². The molecule has 0 aliphatic carbocycles. The maximum Gasteiger partial charge on any atom is 0.262 e. The van der Waals surface area contributed by atoms with Crippen molar-refractivity contribution in [3.05, 3.63) is 71.1 Å². The van der Waals surface area contributed by atoms with Gasteiger partial charge in [0.15, 0.2) is 0 Å². The topological polar surface area (TPSA) is 68.5 Å². The fourth-order valence-electron chi connectivity index (χ4n) is 2.80. The van der Waals surface area contributed by atoms with E-state index in [1.807, 2.05) is 0 Å². The molecule has 0 radical (unpaired) electrons. The van der Waals surface area contributed by atoms with Gasteiger partial charge in [0.05, 0.1) is 11.9 Å². The lowest BCUT2D eigenvalue weighted by atomic mass is 10.0. The van der Waals surface area contributed by atoms with Gasteiger partial charge in [0.25, 0.3) is 5.91 Å². The van der Waals surface area contributed by atoms with Crippen LogP contribution in [0.4, 0.5) is 14.5 Å². The third kappa shape index (κ3) is 3.90. The smallest absolute Gasteiger partial charge is 0.262 e. The van der Waals surface area contributed by atoms with Gasteiger partial charge in [-0.15, -0.1) is 0 Å². The number of halogens is 2. The fraction of sp³-hybridized carbons (Fsp3) is 0.150. The molecule has 0 unspecified atom stereocenters. The van der Waals surface area contributed by atoms with E-state index in [1.165, 1.54) is 38.6 Å². The molecular formula is C20H18F2N4O2. The van der Waals surface area contributed by atoms with E-state index in [0.717, 1.165) is 10.2 Å². The number of nitrogens with one attached hydrogen (secondary N) is 1. The van der Waals surface area contributed by atoms with Crippen LogP contribution in [0.2, 0.25) is 0 Å². The van der Waals surface area contributed by atoms with Crippen LogP contribution < -0.4 is 5.32 Å². The van der Waals surface area contributed by atoms with Crippen LogP contribution in [0.5, 0.6) is 0 Å². The highest BCUT2D eigenvalue weighted by Crippen LogP contribution is 2.30. The van der Waals surface area contributed by atoms with Gasteiger partial charge >= 0.3 is 0 Å². The molecule has 3 rings (SSSR count). The summed E-state index contributed by atoms with van der Waals surface area (Å²) in [6, 6.07) is 11.0. The van der Waals surface area contributed by atoms with Crippen molar-refractivity contribution in [2.75, 3.05) is 12.4 Å². The van der Waals surface area contributed by atoms with E-state index in [9.17, 15) is 13.6 Å². The van der Waals surface area contributed by atoms with E-state index in [4.69, 9.17) is 0 Å². The molecule has 3 aromatic rings. The number of oxime groups is 1. The summed E-state index contributed by atoms with van der Waals surface area (Å²) in [5, 5.41) is 10.2. The van der Waals surface area contributed by atoms with E-state index >= 15 is 0 Å². The number of rotatable bonds is 5. The number of anilines is 1. The van der Waals surface area contributed by atoms with Gasteiger partial charge in [-0.3, -0.25) is 4.79 Å². The highest BCUT2D eigenvalue weighted by atomic mass is 19.1. The van der Waals surface area contributed by atoms with Crippen LogP contribution in [0.25, 0.3) is 11.1 Å². The lowest BCUT2D eigenvalue weighted by molar-refractivity contribution is 0.102. The maximum atomic E-state index is 14.2. The summed E-state index contributed by atoms with van der Waals surface area (Å²) >= 11 is 0. The second-order valence-electron chi connectivity index (χ2n) is 6.06. The molecule has 1 N–H and O–H groups in total. The quantitative estimate of drug-likeness (QED) is 0.536. The number of nitrogens with zero attached hydrogens (tertiary/aromatic N) is 3. The van der Waals surface area contributed by atoms with Crippen LogP contribution in [0.1, 0.15) is 21.6 Å². The molecule has 0 bridgehead atoms. The van der Waals surface area contributed by atoms with Crippen molar-refractivity contribution in [2.24, 2.45) is 12.2 Å². The number of aryl methyl sites for hydroxylation is 2. The van der Waals surface area contributed by atoms with Crippen LogP contribution in [-0.4, -0.2) is 29.0 Å². The van der Waals surface area contributed by atoms with Crippen molar-refractivity contribution in [3.8, 4) is 11.1 Å². The number of hydrogen-bond donors (Lipinski definition) is 1. The fourth-order valence-corrected chi connectivity index (χ4v) is 2.80. The highest BCUT2D eigenvalue weighted by Gasteiger charge is 2.21. The highest BCUT2D eigenvalue weighted by molar-refractivity contribution is 6.07. The molecule has 6 nitrogen and oxygen atoms in total. The van der Waals surface area contributed by atoms with Crippen LogP contribution in [0.15, 0.2) is 47.6 Å². The average Bonchev–Trinajstić information content (AvgIpc) is 2.93. The van der Waals surface area contributed by atoms with Gasteiger partial charge in [-0.1, -0.05) is 29.4 Å². The largest absolute Gasteiger partial charge is 0.399 e. The molecule has 0 atom stereocenters. The summed E-state index contributed by atoms with van der Waals surface area (Å²) in [6.45, 7) is 1.55. The standard InChI is InChI=1S/C20H18F2N4O2/c1-12-18(19(22)26(2)25-12)20(27)24-17-9-8-15(21)10-16(17)14-6-4-13(5-7-14)11-23-28-3/h4-11H,1-3H3,(H,24,27). The van der Waals surface area contributed by atoms with Gasteiger partial charge in [-0.25, -0.2) is 9.07 Å². The number of aromatic nitrogens is 2. The van der Waals surface area contributed by atoms with Crippen molar-refractivity contribution in [3.63, 3.8) is 0 Å². The van der Waals surface area contributed by atoms with Crippen LogP contribution in [0.3, 0.4) is 0 Å². The van der Waals surface area contributed by atoms with Crippen LogP contribution in [0, 0.1) is 18.7 Å². The summed E-state index contributed by atoms with van der Waals surface area (Å²) in [4.78, 5) is 17.2. The van der Waals surface area contributed by atoms with Crippen LogP contribution in [-0.2, 0) is 11.9 Å². The Morgan fingerprint density at radius 1 is 1.21 bits per heavy atom. The molecule has 144 valence electrons. The molecule has 8 heteroatoms. The minimum atomic E-state index is -0.736. The number of amides is 1. The lowest BCUT2D eigenvalue weighted by Gasteiger charge is -2.12. The summed E-state index contributed by atoms with van der Waals surface area (Å²) in [5.41, 5.74) is 2.40. The SMILES string of the molecule is CON=Cc1ccc(-c2cc(F)ccc2NC(=O)c2c(C)nn(C)c2F)cc1. The molecule has 0 aliphatic rings. The Balaban J connectivity index is 1.95. The Bertz CT molecular complexity index is 1040. The molecule has 28 heavy (non-hydrogen) atoms. The van der Waals surface area contributed by atoms with Crippen molar-refractivity contribution >= 4 is 17.8 Å². The Morgan fingerprint density at radius 3 is 2.54 bits per heavy atom. The first kappa shape index (κ1) is 19.2. The van der Waals surface area contributed by atoms with E-state index in [2.05, 4.69) is 20.4 Å². The zero-order valence-corrected chi connectivity index (χ0v) is 15.5. The molecule has 1 amide bonds. The molecule has 0 spiro atoms. The molecule has 1 heterocycles. The Kier molecular flexibility index (Phi) is 5.49. The monoisotopic (exact) mass is 384 g/mol.